The number of hydrogen-bond donors (Lipinski definition) is 1. The molecule has 1 aliphatic heterocycles. The maximum absolute atomic E-state index is 10.9. The number of nitrogens with zero attached hydrogens (tertiary/aromatic N) is 1. The lowest BCUT2D eigenvalue weighted by Gasteiger charge is -2.29. The molecular weight excluding hydrogens is 166 g/mol. The van der Waals surface area contributed by atoms with Crippen molar-refractivity contribution in [1.29, 1.82) is 0 Å². The van der Waals surface area contributed by atoms with E-state index in [0.717, 1.165) is 19.4 Å². The van der Waals surface area contributed by atoms with Crippen LogP contribution in [0.4, 0.5) is 0 Å². The van der Waals surface area contributed by atoms with Gasteiger partial charge in [-0.25, -0.2) is 0 Å². The van der Waals surface area contributed by atoms with E-state index < -0.39 is 5.97 Å². The molecule has 1 rings (SSSR count). The SMILES string of the molecule is CC[C@@H]1[C@@H](C(=O)O)CCN1C(C)C. The van der Waals surface area contributed by atoms with Gasteiger partial charge in [-0.2, -0.15) is 0 Å². The van der Waals surface area contributed by atoms with Crippen LogP contribution in [0.2, 0.25) is 0 Å². The number of likely N-dealkylation sites (tertiary alicyclic amines) is 1. The highest BCUT2D eigenvalue weighted by molar-refractivity contribution is 5.71. The Morgan fingerprint density at radius 2 is 2.23 bits per heavy atom. The Kier molecular flexibility index (Phi) is 3.31. The van der Waals surface area contributed by atoms with Crippen LogP contribution >= 0.6 is 0 Å². The first-order valence-corrected chi connectivity index (χ1v) is 5.06. The lowest BCUT2D eigenvalue weighted by atomic mass is 9.98. The molecule has 76 valence electrons. The molecular formula is C10H19NO2. The molecule has 3 heteroatoms. The van der Waals surface area contributed by atoms with E-state index in [-0.39, 0.29) is 12.0 Å². The van der Waals surface area contributed by atoms with Crippen molar-refractivity contribution in [3.63, 3.8) is 0 Å². The van der Waals surface area contributed by atoms with Gasteiger partial charge in [-0.05, 0) is 33.2 Å². The molecule has 0 aliphatic carbocycles. The molecule has 0 spiro atoms. The second-order valence-corrected chi connectivity index (χ2v) is 4.04. The van der Waals surface area contributed by atoms with E-state index in [9.17, 15) is 4.79 Å². The predicted molar refractivity (Wildman–Crippen MR) is 51.7 cm³/mol. The zero-order valence-corrected chi connectivity index (χ0v) is 8.66. The number of carboxylic acids is 1. The Bertz CT molecular complexity index is 191. The smallest absolute Gasteiger partial charge is 0.308 e. The summed E-state index contributed by atoms with van der Waals surface area (Å²) in [5, 5.41) is 8.99. The summed E-state index contributed by atoms with van der Waals surface area (Å²) in [6, 6.07) is 0.715. The molecule has 2 atom stereocenters. The van der Waals surface area contributed by atoms with Crippen LogP contribution in [0.25, 0.3) is 0 Å². The van der Waals surface area contributed by atoms with E-state index in [0.29, 0.717) is 6.04 Å². The predicted octanol–water partition coefficient (Wildman–Crippen LogP) is 1.58. The molecule has 13 heavy (non-hydrogen) atoms. The zero-order valence-electron chi connectivity index (χ0n) is 8.66. The molecule has 0 unspecified atom stereocenters. The summed E-state index contributed by atoms with van der Waals surface area (Å²) in [7, 11) is 0. The Morgan fingerprint density at radius 3 is 2.62 bits per heavy atom. The highest BCUT2D eigenvalue weighted by atomic mass is 16.4. The minimum atomic E-state index is -0.630. The Morgan fingerprint density at radius 1 is 1.62 bits per heavy atom. The Hall–Kier alpha value is -0.570. The third-order valence-electron chi connectivity index (χ3n) is 2.99. The zero-order chi connectivity index (χ0) is 10.0. The van der Waals surface area contributed by atoms with Crippen molar-refractivity contribution < 1.29 is 9.90 Å². The normalized spacial score (nSPS) is 29.8. The number of rotatable bonds is 3. The van der Waals surface area contributed by atoms with Gasteiger partial charge in [0.1, 0.15) is 0 Å². The van der Waals surface area contributed by atoms with Crippen molar-refractivity contribution in [1.82, 2.24) is 4.90 Å². The highest BCUT2D eigenvalue weighted by Gasteiger charge is 2.38. The topological polar surface area (TPSA) is 40.5 Å². The average Bonchev–Trinajstić information content (AvgIpc) is 2.46. The lowest BCUT2D eigenvalue weighted by Crippen LogP contribution is -2.39. The van der Waals surface area contributed by atoms with Gasteiger partial charge >= 0.3 is 5.97 Å². The van der Waals surface area contributed by atoms with Gasteiger partial charge in [-0.1, -0.05) is 6.92 Å². The summed E-state index contributed by atoms with van der Waals surface area (Å²) in [5.41, 5.74) is 0. The van der Waals surface area contributed by atoms with Gasteiger partial charge in [-0.3, -0.25) is 9.69 Å². The second kappa shape index (κ2) is 4.09. The van der Waals surface area contributed by atoms with Gasteiger partial charge in [0, 0.05) is 12.1 Å². The molecule has 0 aromatic carbocycles. The van der Waals surface area contributed by atoms with Crippen molar-refractivity contribution in [2.75, 3.05) is 6.54 Å². The monoisotopic (exact) mass is 185 g/mol. The van der Waals surface area contributed by atoms with Crippen LogP contribution in [-0.4, -0.2) is 34.6 Å². The maximum Gasteiger partial charge on any atom is 0.308 e. The fourth-order valence-corrected chi connectivity index (χ4v) is 2.33. The molecule has 0 bridgehead atoms. The lowest BCUT2D eigenvalue weighted by molar-refractivity contribution is -0.142. The maximum atomic E-state index is 10.9. The molecule has 1 aliphatic rings. The van der Waals surface area contributed by atoms with E-state index in [1.54, 1.807) is 0 Å². The third kappa shape index (κ3) is 2.02. The molecule has 0 aromatic heterocycles. The Labute approximate surface area is 79.7 Å². The largest absolute Gasteiger partial charge is 0.481 e. The van der Waals surface area contributed by atoms with E-state index in [1.165, 1.54) is 0 Å². The fraction of sp³-hybridized carbons (Fsp3) is 0.900. The number of hydrogen-bond acceptors (Lipinski definition) is 2. The second-order valence-electron chi connectivity index (χ2n) is 4.04. The minimum absolute atomic E-state index is 0.146. The first-order valence-electron chi connectivity index (χ1n) is 5.06. The standard InChI is InChI=1S/C10H19NO2/c1-4-9-8(10(12)13)5-6-11(9)7(2)3/h7-9H,4-6H2,1-3H3,(H,12,13)/t8-,9+/m0/s1. The van der Waals surface area contributed by atoms with Crippen LogP contribution < -0.4 is 0 Å². The summed E-state index contributed by atoms with van der Waals surface area (Å²) >= 11 is 0. The van der Waals surface area contributed by atoms with Gasteiger partial charge in [0.25, 0.3) is 0 Å². The van der Waals surface area contributed by atoms with Crippen molar-refractivity contribution >= 4 is 5.97 Å². The summed E-state index contributed by atoms with van der Waals surface area (Å²) < 4.78 is 0. The molecule has 0 radical (unpaired) electrons. The van der Waals surface area contributed by atoms with Crippen LogP contribution in [0.1, 0.15) is 33.6 Å². The molecule has 1 saturated heterocycles. The Balaban J connectivity index is 2.68. The summed E-state index contributed by atoms with van der Waals surface area (Å²) in [4.78, 5) is 13.2. The fourth-order valence-electron chi connectivity index (χ4n) is 2.33. The molecule has 1 heterocycles. The van der Waals surface area contributed by atoms with Crippen molar-refractivity contribution in [3.8, 4) is 0 Å². The molecule has 0 amide bonds. The number of carbonyl (C=O) groups is 1. The molecule has 0 aromatic rings. The van der Waals surface area contributed by atoms with Gasteiger partial charge in [-0.15, -0.1) is 0 Å². The summed E-state index contributed by atoms with van der Waals surface area (Å²) in [6.07, 6.45) is 1.75. The molecule has 3 nitrogen and oxygen atoms in total. The average molecular weight is 185 g/mol. The van der Waals surface area contributed by atoms with Gasteiger partial charge in [0.2, 0.25) is 0 Å². The van der Waals surface area contributed by atoms with Crippen molar-refractivity contribution in [3.05, 3.63) is 0 Å². The van der Waals surface area contributed by atoms with E-state index in [2.05, 4.69) is 25.7 Å². The minimum Gasteiger partial charge on any atom is -0.481 e. The number of carboxylic acid groups (broad SMARTS) is 1. The van der Waals surface area contributed by atoms with Crippen LogP contribution in [-0.2, 0) is 4.79 Å². The van der Waals surface area contributed by atoms with E-state index >= 15 is 0 Å². The van der Waals surface area contributed by atoms with Crippen LogP contribution in [0.3, 0.4) is 0 Å². The third-order valence-corrected chi connectivity index (χ3v) is 2.99. The molecule has 0 saturated carbocycles. The van der Waals surface area contributed by atoms with Crippen molar-refractivity contribution in [2.45, 2.75) is 45.7 Å². The first-order chi connectivity index (χ1) is 6.07. The summed E-state index contributed by atoms with van der Waals surface area (Å²) in [6.45, 7) is 7.27. The van der Waals surface area contributed by atoms with Gasteiger partial charge < -0.3 is 5.11 Å². The molecule has 1 fully saturated rings. The van der Waals surface area contributed by atoms with Crippen molar-refractivity contribution in [2.24, 2.45) is 5.92 Å². The van der Waals surface area contributed by atoms with Gasteiger partial charge in [0.15, 0.2) is 0 Å². The van der Waals surface area contributed by atoms with Gasteiger partial charge in [0.05, 0.1) is 5.92 Å². The molecule has 1 N–H and O–H groups in total. The van der Waals surface area contributed by atoms with E-state index in [1.807, 2.05) is 0 Å². The quantitative estimate of drug-likeness (QED) is 0.725. The summed E-state index contributed by atoms with van der Waals surface area (Å²) in [5.74, 6) is -0.776. The van der Waals surface area contributed by atoms with Crippen LogP contribution in [0.5, 0.6) is 0 Å². The highest BCUT2D eigenvalue weighted by Crippen LogP contribution is 2.28. The first kappa shape index (κ1) is 10.5. The number of aliphatic carboxylic acids is 1. The van der Waals surface area contributed by atoms with Crippen LogP contribution in [0, 0.1) is 5.92 Å². The van der Waals surface area contributed by atoms with E-state index in [4.69, 9.17) is 5.11 Å². The van der Waals surface area contributed by atoms with Crippen LogP contribution in [0.15, 0.2) is 0 Å².